The smallest absolute Gasteiger partial charge is 0.246 e. The first-order chi connectivity index (χ1) is 9.28. The fourth-order valence-electron chi connectivity index (χ4n) is 2.49. The van der Waals surface area contributed by atoms with E-state index in [1.165, 1.54) is 6.42 Å². The van der Waals surface area contributed by atoms with E-state index in [1.54, 1.807) is 0 Å². The van der Waals surface area contributed by atoms with E-state index in [9.17, 15) is 4.79 Å². The zero-order chi connectivity index (χ0) is 13.2. The van der Waals surface area contributed by atoms with Crippen molar-refractivity contribution in [2.24, 2.45) is 0 Å². The summed E-state index contributed by atoms with van der Waals surface area (Å²) in [5.41, 5.74) is 1.91. The number of nitrogens with one attached hydrogen (secondary N) is 2. The zero-order valence-electron chi connectivity index (χ0n) is 11.2. The van der Waals surface area contributed by atoms with Crippen LogP contribution in [-0.4, -0.2) is 18.6 Å². The Bertz CT molecular complexity index is 483. The van der Waals surface area contributed by atoms with Gasteiger partial charge in [0.15, 0.2) is 0 Å². The van der Waals surface area contributed by atoms with Gasteiger partial charge in [0.2, 0.25) is 5.91 Å². The molecule has 1 aliphatic heterocycles. The van der Waals surface area contributed by atoms with Gasteiger partial charge in [-0.25, -0.2) is 0 Å². The van der Waals surface area contributed by atoms with Crippen LogP contribution >= 0.6 is 0 Å². The molecule has 1 fully saturated rings. The predicted octanol–water partition coefficient (Wildman–Crippen LogP) is 2.61. The van der Waals surface area contributed by atoms with Crippen LogP contribution in [0.1, 0.15) is 44.2 Å². The molecule has 1 aliphatic carbocycles. The highest BCUT2D eigenvalue weighted by atomic mass is 16.5. The molecule has 0 radical (unpaired) electrons. The highest BCUT2D eigenvalue weighted by molar-refractivity contribution is 6.02. The molecule has 4 nitrogen and oxygen atoms in total. The van der Waals surface area contributed by atoms with Crippen molar-refractivity contribution in [2.75, 3.05) is 11.9 Å². The highest BCUT2D eigenvalue weighted by Crippen LogP contribution is 2.35. The van der Waals surface area contributed by atoms with Crippen LogP contribution in [0.4, 0.5) is 5.69 Å². The number of hydrogen-bond acceptors (Lipinski definition) is 3. The number of hydrogen-bond donors (Lipinski definition) is 2. The molecule has 1 aromatic carbocycles. The van der Waals surface area contributed by atoms with E-state index in [1.807, 2.05) is 18.2 Å². The summed E-state index contributed by atoms with van der Waals surface area (Å²) in [5, 5.41) is 6.19. The third kappa shape index (κ3) is 2.45. The van der Waals surface area contributed by atoms with Crippen molar-refractivity contribution in [3.63, 3.8) is 0 Å². The summed E-state index contributed by atoms with van der Waals surface area (Å²) < 4.78 is 5.86. The van der Waals surface area contributed by atoms with Gasteiger partial charge < -0.3 is 15.4 Å². The molecule has 3 rings (SSSR count). The van der Waals surface area contributed by atoms with Gasteiger partial charge in [-0.15, -0.1) is 0 Å². The third-order valence-corrected chi connectivity index (χ3v) is 3.81. The molecule has 2 N–H and O–H groups in total. The lowest BCUT2D eigenvalue weighted by Crippen LogP contribution is -2.27. The molecule has 1 amide bonds. The summed E-state index contributed by atoms with van der Waals surface area (Å²) in [7, 11) is 0. The summed E-state index contributed by atoms with van der Waals surface area (Å²) in [6, 6.07) is 5.69. The monoisotopic (exact) mass is 260 g/mol. The molecule has 0 spiro atoms. The van der Waals surface area contributed by atoms with Crippen molar-refractivity contribution in [2.45, 2.75) is 44.8 Å². The van der Waals surface area contributed by atoms with Crippen molar-refractivity contribution in [1.82, 2.24) is 5.32 Å². The topological polar surface area (TPSA) is 50.4 Å². The van der Waals surface area contributed by atoms with Crippen LogP contribution in [0, 0.1) is 0 Å². The van der Waals surface area contributed by atoms with E-state index in [0.29, 0.717) is 6.10 Å². The van der Waals surface area contributed by atoms with Crippen molar-refractivity contribution in [3.05, 3.63) is 23.8 Å². The maximum atomic E-state index is 11.9. The summed E-state index contributed by atoms with van der Waals surface area (Å²) >= 11 is 0. The van der Waals surface area contributed by atoms with Gasteiger partial charge in [0.25, 0.3) is 0 Å². The Morgan fingerprint density at radius 3 is 2.95 bits per heavy atom. The van der Waals surface area contributed by atoms with E-state index in [2.05, 4.69) is 17.6 Å². The van der Waals surface area contributed by atoms with Gasteiger partial charge in [0.1, 0.15) is 11.8 Å². The molecule has 1 heterocycles. The molecule has 2 aliphatic rings. The minimum absolute atomic E-state index is 0.0317. The largest absolute Gasteiger partial charge is 0.490 e. The molecule has 19 heavy (non-hydrogen) atoms. The van der Waals surface area contributed by atoms with Gasteiger partial charge in [-0.05, 0) is 38.3 Å². The first kappa shape index (κ1) is 12.5. The van der Waals surface area contributed by atoms with Crippen LogP contribution in [-0.2, 0) is 4.79 Å². The highest BCUT2D eigenvalue weighted by Gasteiger charge is 2.30. The first-order valence-corrected chi connectivity index (χ1v) is 7.13. The second-order valence-corrected chi connectivity index (χ2v) is 5.30. The van der Waals surface area contributed by atoms with Crippen LogP contribution in [0.25, 0.3) is 0 Å². The van der Waals surface area contributed by atoms with Crippen LogP contribution in [0.2, 0.25) is 0 Å². The van der Waals surface area contributed by atoms with E-state index < -0.39 is 0 Å². The van der Waals surface area contributed by atoms with E-state index in [4.69, 9.17) is 4.74 Å². The standard InChI is InChI=1S/C15H20N2O2/c1-2-8-16-14-12-7-6-11(19-10-4-3-5-10)9-13(12)17-15(14)18/h6-7,9-10,14,16H,2-5,8H2,1H3,(H,17,18). The number of anilines is 1. The van der Waals surface area contributed by atoms with Gasteiger partial charge in [0.05, 0.1) is 6.10 Å². The molecule has 0 aromatic heterocycles. The van der Waals surface area contributed by atoms with Crippen molar-refractivity contribution < 1.29 is 9.53 Å². The molecule has 0 bridgehead atoms. The van der Waals surface area contributed by atoms with Crippen LogP contribution in [0.5, 0.6) is 5.75 Å². The number of benzene rings is 1. The predicted molar refractivity (Wildman–Crippen MR) is 74.4 cm³/mol. The Kier molecular flexibility index (Phi) is 3.42. The first-order valence-electron chi connectivity index (χ1n) is 7.13. The van der Waals surface area contributed by atoms with E-state index in [0.717, 1.165) is 42.8 Å². The Labute approximate surface area is 113 Å². The SMILES string of the molecule is CCCNC1C(=O)Nc2cc(OC3CCC3)ccc21. The van der Waals surface area contributed by atoms with Gasteiger partial charge in [-0.2, -0.15) is 0 Å². The molecule has 102 valence electrons. The fraction of sp³-hybridized carbons (Fsp3) is 0.533. The molecule has 1 atom stereocenters. The second kappa shape index (κ2) is 5.21. The van der Waals surface area contributed by atoms with Crippen LogP contribution in [0.15, 0.2) is 18.2 Å². The minimum Gasteiger partial charge on any atom is -0.490 e. The van der Waals surface area contributed by atoms with Gasteiger partial charge in [0, 0.05) is 17.3 Å². The summed E-state index contributed by atoms with van der Waals surface area (Å²) in [6.07, 6.45) is 4.93. The van der Waals surface area contributed by atoms with Gasteiger partial charge in [-0.3, -0.25) is 4.79 Å². The maximum absolute atomic E-state index is 11.9. The summed E-state index contributed by atoms with van der Waals surface area (Å²) in [4.78, 5) is 11.9. The average molecular weight is 260 g/mol. The quantitative estimate of drug-likeness (QED) is 0.855. The van der Waals surface area contributed by atoms with Crippen LogP contribution in [0.3, 0.4) is 0 Å². The molecular formula is C15H20N2O2. The average Bonchev–Trinajstić information content (AvgIpc) is 2.66. The third-order valence-electron chi connectivity index (χ3n) is 3.81. The fourth-order valence-corrected chi connectivity index (χ4v) is 2.49. The Hall–Kier alpha value is -1.55. The normalized spacial score (nSPS) is 21.7. The molecule has 4 heteroatoms. The van der Waals surface area contributed by atoms with Gasteiger partial charge >= 0.3 is 0 Å². The zero-order valence-corrected chi connectivity index (χ0v) is 11.2. The molecule has 0 saturated heterocycles. The molecule has 1 aromatic rings. The van der Waals surface area contributed by atoms with E-state index >= 15 is 0 Å². The Morgan fingerprint density at radius 2 is 2.26 bits per heavy atom. The van der Waals surface area contributed by atoms with Crippen molar-refractivity contribution in [1.29, 1.82) is 0 Å². The second-order valence-electron chi connectivity index (χ2n) is 5.30. The maximum Gasteiger partial charge on any atom is 0.246 e. The minimum atomic E-state index is -0.215. The molecule has 1 unspecified atom stereocenters. The van der Waals surface area contributed by atoms with Gasteiger partial charge in [-0.1, -0.05) is 13.0 Å². The molecule has 1 saturated carbocycles. The lowest BCUT2D eigenvalue weighted by Gasteiger charge is -2.26. The number of amides is 1. The van der Waals surface area contributed by atoms with Crippen molar-refractivity contribution >= 4 is 11.6 Å². The van der Waals surface area contributed by atoms with E-state index in [-0.39, 0.29) is 11.9 Å². The number of fused-ring (bicyclic) bond motifs is 1. The Balaban J connectivity index is 1.74. The number of carbonyl (C=O) groups is 1. The number of rotatable bonds is 5. The molecular weight excluding hydrogens is 240 g/mol. The summed E-state index contributed by atoms with van der Waals surface area (Å²) in [5.74, 6) is 0.893. The summed E-state index contributed by atoms with van der Waals surface area (Å²) in [6.45, 7) is 2.94. The number of carbonyl (C=O) groups excluding carboxylic acids is 1. The van der Waals surface area contributed by atoms with Crippen molar-refractivity contribution in [3.8, 4) is 5.75 Å². The Morgan fingerprint density at radius 1 is 1.42 bits per heavy atom. The lowest BCUT2D eigenvalue weighted by molar-refractivity contribution is -0.117. The lowest BCUT2D eigenvalue weighted by atomic mass is 9.96. The van der Waals surface area contributed by atoms with Crippen LogP contribution < -0.4 is 15.4 Å². The number of ether oxygens (including phenoxy) is 1.